The Morgan fingerprint density at radius 2 is 1.31 bits per heavy atom. The van der Waals surface area contributed by atoms with E-state index in [0.717, 1.165) is 55.5 Å². The largest absolute Gasteiger partial charge is 0.456 e. The SMILES string of the molecule is CC1(C)c2ccccc2Sc2cc(-c3nc(-c4ccc5c(c4)oc4ccccc45)c4ccccc4n3)ccc21. The van der Waals surface area contributed by atoms with Gasteiger partial charge in [0, 0.05) is 42.5 Å². The van der Waals surface area contributed by atoms with Crippen molar-refractivity contribution in [1.82, 2.24) is 9.97 Å². The van der Waals surface area contributed by atoms with E-state index >= 15 is 0 Å². The average molecular weight is 521 g/mol. The van der Waals surface area contributed by atoms with Crippen LogP contribution in [0.15, 0.2) is 123 Å². The number of hydrogen-bond donors (Lipinski definition) is 0. The van der Waals surface area contributed by atoms with Crippen molar-refractivity contribution in [2.75, 3.05) is 0 Å². The van der Waals surface area contributed by atoms with Crippen LogP contribution in [0, 0.1) is 0 Å². The van der Waals surface area contributed by atoms with Crippen molar-refractivity contribution >= 4 is 44.6 Å². The molecule has 3 nitrogen and oxygen atoms in total. The van der Waals surface area contributed by atoms with Gasteiger partial charge in [-0.25, -0.2) is 9.97 Å². The van der Waals surface area contributed by atoms with Crippen LogP contribution in [0.4, 0.5) is 0 Å². The molecule has 0 fully saturated rings. The summed E-state index contributed by atoms with van der Waals surface area (Å²) in [6, 6.07) is 38.2. The molecule has 2 aromatic heterocycles. The molecule has 0 unspecified atom stereocenters. The zero-order valence-electron chi connectivity index (χ0n) is 21.6. The van der Waals surface area contributed by atoms with Gasteiger partial charge >= 0.3 is 0 Å². The highest BCUT2D eigenvalue weighted by molar-refractivity contribution is 7.99. The van der Waals surface area contributed by atoms with Gasteiger partial charge in [-0.1, -0.05) is 98.4 Å². The van der Waals surface area contributed by atoms with Crippen LogP contribution < -0.4 is 0 Å². The number of benzene rings is 5. The van der Waals surface area contributed by atoms with Gasteiger partial charge in [0.1, 0.15) is 11.2 Å². The molecule has 0 bridgehead atoms. The summed E-state index contributed by atoms with van der Waals surface area (Å²) in [4.78, 5) is 12.8. The lowest BCUT2D eigenvalue weighted by molar-refractivity contribution is 0.607. The maximum Gasteiger partial charge on any atom is 0.160 e. The molecular formula is C35H24N2OS. The fraction of sp³-hybridized carbons (Fsp3) is 0.0857. The quantitative estimate of drug-likeness (QED) is 0.227. The zero-order chi connectivity index (χ0) is 26.1. The van der Waals surface area contributed by atoms with Gasteiger partial charge < -0.3 is 4.42 Å². The molecule has 39 heavy (non-hydrogen) atoms. The van der Waals surface area contributed by atoms with E-state index in [-0.39, 0.29) is 5.41 Å². The first-order valence-corrected chi connectivity index (χ1v) is 14.0. The van der Waals surface area contributed by atoms with Gasteiger partial charge in [-0.05, 0) is 47.5 Å². The Hall–Kier alpha value is -4.41. The van der Waals surface area contributed by atoms with E-state index in [9.17, 15) is 0 Å². The third kappa shape index (κ3) is 3.45. The van der Waals surface area contributed by atoms with E-state index in [1.54, 1.807) is 0 Å². The topological polar surface area (TPSA) is 38.9 Å². The number of para-hydroxylation sites is 2. The third-order valence-corrected chi connectivity index (χ3v) is 9.08. The van der Waals surface area contributed by atoms with Crippen molar-refractivity contribution in [3.63, 3.8) is 0 Å². The molecule has 0 amide bonds. The normalized spacial score (nSPS) is 14.0. The summed E-state index contributed by atoms with van der Waals surface area (Å²) in [6.07, 6.45) is 0. The number of hydrogen-bond acceptors (Lipinski definition) is 4. The summed E-state index contributed by atoms with van der Waals surface area (Å²) in [7, 11) is 0. The van der Waals surface area contributed by atoms with E-state index < -0.39 is 0 Å². The van der Waals surface area contributed by atoms with Crippen LogP contribution in [0.3, 0.4) is 0 Å². The van der Waals surface area contributed by atoms with Crippen LogP contribution in [0.2, 0.25) is 0 Å². The summed E-state index contributed by atoms with van der Waals surface area (Å²) in [5.41, 5.74) is 8.29. The molecule has 0 spiro atoms. The highest BCUT2D eigenvalue weighted by atomic mass is 32.2. The molecule has 0 saturated carbocycles. The molecule has 1 aliphatic heterocycles. The van der Waals surface area contributed by atoms with Crippen molar-refractivity contribution in [3.05, 3.63) is 120 Å². The van der Waals surface area contributed by atoms with Gasteiger partial charge in [-0.15, -0.1) is 0 Å². The molecule has 0 atom stereocenters. The summed E-state index contributed by atoms with van der Waals surface area (Å²) < 4.78 is 6.21. The molecule has 7 aromatic rings. The van der Waals surface area contributed by atoms with Crippen molar-refractivity contribution in [2.24, 2.45) is 0 Å². The Labute approximate surface area is 230 Å². The van der Waals surface area contributed by atoms with Gasteiger partial charge in [0.15, 0.2) is 5.82 Å². The highest BCUT2D eigenvalue weighted by Crippen LogP contribution is 2.49. The highest BCUT2D eigenvalue weighted by Gasteiger charge is 2.33. The van der Waals surface area contributed by atoms with Gasteiger partial charge in [0.25, 0.3) is 0 Å². The Kier molecular flexibility index (Phi) is 4.80. The van der Waals surface area contributed by atoms with Crippen LogP contribution in [-0.4, -0.2) is 9.97 Å². The van der Waals surface area contributed by atoms with Gasteiger partial charge in [-0.2, -0.15) is 0 Å². The lowest BCUT2D eigenvalue weighted by Gasteiger charge is -2.34. The fourth-order valence-electron chi connectivity index (χ4n) is 5.90. The molecule has 186 valence electrons. The second kappa shape index (κ2) is 8.29. The van der Waals surface area contributed by atoms with Crippen molar-refractivity contribution in [1.29, 1.82) is 0 Å². The third-order valence-electron chi connectivity index (χ3n) is 7.95. The maximum absolute atomic E-state index is 6.21. The number of nitrogens with zero attached hydrogens (tertiary/aromatic N) is 2. The average Bonchev–Trinajstić information content (AvgIpc) is 3.34. The minimum Gasteiger partial charge on any atom is -0.456 e. The van der Waals surface area contributed by atoms with Crippen LogP contribution in [-0.2, 0) is 5.41 Å². The molecule has 3 heterocycles. The second-order valence-electron chi connectivity index (χ2n) is 10.7. The van der Waals surface area contributed by atoms with E-state index in [2.05, 4.69) is 92.7 Å². The summed E-state index contributed by atoms with van der Waals surface area (Å²) in [5.74, 6) is 0.730. The van der Waals surface area contributed by atoms with Crippen molar-refractivity contribution in [2.45, 2.75) is 29.1 Å². The lowest BCUT2D eigenvalue weighted by atomic mass is 9.77. The van der Waals surface area contributed by atoms with Crippen molar-refractivity contribution < 1.29 is 4.42 Å². The molecule has 5 aromatic carbocycles. The van der Waals surface area contributed by atoms with E-state index in [1.807, 2.05) is 42.1 Å². The first-order chi connectivity index (χ1) is 19.1. The molecule has 0 saturated heterocycles. The van der Waals surface area contributed by atoms with Crippen molar-refractivity contribution in [3.8, 4) is 22.6 Å². The van der Waals surface area contributed by atoms with Gasteiger partial charge in [0.2, 0.25) is 0 Å². The van der Waals surface area contributed by atoms with E-state index in [0.29, 0.717) is 0 Å². The van der Waals surface area contributed by atoms with Gasteiger partial charge in [-0.3, -0.25) is 0 Å². The monoisotopic (exact) mass is 520 g/mol. The lowest BCUT2D eigenvalue weighted by Crippen LogP contribution is -2.23. The summed E-state index contributed by atoms with van der Waals surface area (Å²) in [6.45, 7) is 4.62. The Bertz CT molecular complexity index is 2090. The summed E-state index contributed by atoms with van der Waals surface area (Å²) >= 11 is 1.83. The maximum atomic E-state index is 6.21. The van der Waals surface area contributed by atoms with Crippen LogP contribution in [0.25, 0.3) is 55.5 Å². The van der Waals surface area contributed by atoms with E-state index in [1.165, 1.54) is 20.9 Å². The Balaban J connectivity index is 1.30. The molecule has 8 rings (SSSR count). The predicted molar refractivity (Wildman–Crippen MR) is 160 cm³/mol. The van der Waals surface area contributed by atoms with Crippen LogP contribution in [0.1, 0.15) is 25.0 Å². The predicted octanol–water partition coefficient (Wildman–Crippen LogP) is 9.65. The molecular weight excluding hydrogens is 496 g/mol. The molecule has 1 aliphatic rings. The minimum atomic E-state index is -0.0624. The van der Waals surface area contributed by atoms with E-state index in [4.69, 9.17) is 14.4 Å². The first-order valence-electron chi connectivity index (χ1n) is 13.2. The molecule has 0 N–H and O–H groups in total. The number of fused-ring (bicyclic) bond motifs is 6. The fourth-order valence-corrected chi connectivity index (χ4v) is 7.33. The molecule has 4 heteroatoms. The Morgan fingerprint density at radius 3 is 2.23 bits per heavy atom. The summed E-state index contributed by atoms with van der Waals surface area (Å²) in [5, 5.41) is 3.27. The zero-order valence-corrected chi connectivity index (χ0v) is 22.4. The standard InChI is InChI=1S/C35H24N2OS/c1-35(2)26-11-5-8-14-31(26)39-32-20-22(16-18-27(32)35)34-36-28-12-6-3-10-25(28)33(37-34)21-15-17-24-23-9-4-7-13-29(23)38-30(24)19-21/h3-20H,1-2H3. The minimum absolute atomic E-state index is 0.0624. The number of furan rings is 1. The van der Waals surface area contributed by atoms with Gasteiger partial charge in [0.05, 0.1) is 11.2 Å². The molecule has 0 aliphatic carbocycles. The second-order valence-corrected chi connectivity index (χ2v) is 11.7. The number of rotatable bonds is 2. The number of aromatic nitrogens is 2. The van der Waals surface area contributed by atoms with Crippen LogP contribution in [0.5, 0.6) is 0 Å². The van der Waals surface area contributed by atoms with Crippen LogP contribution >= 0.6 is 11.8 Å². The first kappa shape index (κ1) is 22.6. The molecule has 0 radical (unpaired) electrons. The smallest absolute Gasteiger partial charge is 0.160 e. The Morgan fingerprint density at radius 1 is 0.590 bits per heavy atom.